The minimum Gasteiger partial charge on any atom is -0.444 e. The minimum atomic E-state index is -0.485. The highest BCUT2D eigenvalue weighted by Gasteiger charge is 2.36. The molecular weight excluding hydrogens is 308 g/mol. The molecule has 0 aromatic heterocycles. The van der Waals surface area contributed by atoms with Crippen LogP contribution in [-0.2, 0) is 15.9 Å². The van der Waals surface area contributed by atoms with Crippen LogP contribution >= 0.6 is 0 Å². The van der Waals surface area contributed by atoms with Crippen molar-refractivity contribution >= 4 is 11.8 Å². The van der Waals surface area contributed by atoms with Gasteiger partial charge in [0.05, 0.1) is 24.9 Å². The third-order valence-corrected chi connectivity index (χ3v) is 4.29. The lowest BCUT2D eigenvalue weighted by atomic mass is 9.89. The van der Waals surface area contributed by atoms with Crippen LogP contribution in [-0.4, -0.2) is 42.1 Å². The summed E-state index contributed by atoms with van der Waals surface area (Å²) < 4.78 is 11.0. The number of carbonyl (C=O) groups is 1. The van der Waals surface area contributed by atoms with E-state index in [1.165, 1.54) is 0 Å². The molecule has 2 bridgehead atoms. The zero-order chi connectivity index (χ0) is 17.3. The fourth-order valence-electron chi connectivity index (χ4n) is 3.15. The van der Waals surface area contributed by atoms with Crippen molar-refractivity contribution in [3.8, 4) is 0 Å². The number of amides is 1. The molecule has 3 atom stereocenters. The molecule has 1 saturated heterocycles. The second-order valence-corrected chi connectivity index (χ2v) is 7.48. The Morgan fingerprint density at radius 2 is 2.25 bits per heavy atom. The van der Waals surface area contributed by atoms with Crippen molar-refractivity contribution in [2.24, 2.45) is 0 Å². The summed E-state index contributed by atoms with van der Waals surface area (Å²) in [6, 6.07) is 6.25. The Morgan fingerprint density at radius 3 is 3.00 bits per heavy atom. The lowest BCUT2D eigenvalue weighted by Gasteiger charge is -2.40. The van der Waals surface area contributed by atoms with E-state index in [2.05, 4.69) is 16.7 Å². The Balaban J connectivity index is 1.58. The van der Waals surface area contributed by atoms with Crippen molar-refractivity contribution in [3.63, 3.8) is 0 Å². The van der Waals surface area contributed by atoms with Crippen LogP contribution in [0, 0.1) is 0 Å². The molecule has 0 spiro atoms. The molecule has 24 heavy (non-hydrogen) atoms. The number of fused-ring (bicyclic) bond motifs is 4. The average molecular weight is 334 g/mol. The SMILES string of the molecule is CC(C)(C)OC(=O)NCCc1ccc2c(c1)[C@H]1C[C@@H](N2)[C@H](O)CO1. The Hall–Kier alpha value is -1.79. The van der Waals surface area contributed by atoms with E-state index in [-0.39, 0.29) is 12.1 Å². The molecule has 3 N–H and O–H groups in total. The van der Waals surface area contributed by atoms with Gasteiger partial charge in [-0.05, 0) is 38.8 Å². The summed E-state index contributed by atoms with van der Waals surface area (Å²) in [7, 11) is 0. The minimum absolute atomic E-state index is 0.0356. The smallest absolute Gasteiger partial charge is 0.407 e. The molecule has 1 aromatic carbocycles. The number of hydrogen-bond acceptors (Lipinski definition) is 5. The van der Waals surface area contributed by atoms with E-state index in [4.69, 9.17) is 9.47 Å². The van der Waals surface area contributed by atoms with Crippen LogP contribution in [0.5, 0.6) is 0 Å². The first-order valence-corrected chi connectivity index (χ1v) is 8.48. The van der Waals surface area contributed by atoms with Gasteiger partial charge in [0.2, 0.25) is 0 Å². The summed E-state index contributed by atoms with van der Waals surface area (Å²) in [6.07, 6.45) is 0.703. The van der Waals surface area contributed by atoms with E-state index in [0.717, 1.165) is 29.7 Å². The first-order chi connectivity index (χ1) is 11.3. The maximum absolute atomic E-state index is 11.7. The fraction of sp³-hybridized carbons (Fsp3) is 0.611. The largest absolute Gasteiger partial charge is 0.444 e. The van der Waals surface area contributed by atoms with Gasteiger partial charge in [0.15, 0.2) is 0 Å². The molecule has 2 aliphatic rings. The maximum Gasteiger partial charge on any atom is 0.407 e. The number of rotatable bonds is 3. The average Bonchev–Trinajstić information content (AvgIpc) is 2.49. The third kappa shape index (κ3) is 3.99. The normalized spacial score (nSPS) is 25.4. The third-order valence-electron chi connectivity index (χ3n) is 4.29. The molecule has 2 heterocycles. The zero-order valence-corrected chi connectivity index (χ0v) is 14.5. The number of ether oxygens (including phenoxy) is 2. The van der Waals surface area contributed by atoms with E-state index < -0.39 is 17.8 Å². The highest BCUT2D eigenvalue weighted by atomic mass is 16.6. The van der Waals surface area contributed by atoms with Crippen LogP contribution < -0.4 is 10.6 Å². The van der Waals surface area contributed by atoms with E-state index in [1.807, 2.05) is 32.9 Å². The Morgan fingerprint density at radius 1 is 1.46 bits per heavy atom. The fourth-order valence-corrected chi connectivity index (χ4v) is 3.15. The van der Waals surface area contributed by atoms with E-state index in [9.17, 15) is 9.90 Å². The highest BCUT2D eigenvalue weighted by Crippen LogP contribution is 2.39. The van der Waals surface area contributed by atoms with Gasteiger partial charge in [-0.25, -0.2) is 4.79 Å². The Kier molecular flexibility index (Phi) is 4.69. The standard InChI is InChI=1S/C18H26N2O4/c1-18(2,3)24-17(22)19-7-6-11-4-5-13-12(8-11)16-9-14(20-13)15(21)10-23-16/h4-5,8,14-16,20-21H,6-7,9-10H2,1-3H3,(H,19,22)/t14-,15-,16-/m1/s1. The van der Waals surface area contributed by atoms with E-state index >= 15 is 0 Å². The lowest BCUT2D eigenvalue weighted by Crippen LogP contribution is -2.46. The molecule has 0 radical (unpaired) electrons. The van der Waals surface area contributed by atoms with Crippen LogP contribution in [0.25, 0.3) is 0 Å². The van der Waals surface area contributed by atoms with E-state index in [0.29, 0.717) is 13.2 Å². The number of anilines is 1. The molecule has 2 aliphatic heterocycles. The number of aliphatic hydroxyl groups excluding tert-OH is 1. The number of nitrogens with one attached hydrogen (secondary N) is 2. The molecule has 0 unspecified atom stereocenters. The van der Waals surface area contributed by atoms with Gasteiger partial charge >= 0.3 is 6.09 Å². The van der Waals surface area contributed by atoms with Crippen molar-refractivity contribution in [3.05, 3.63) is 29.3 Å². The summed E-state index contributed by atoms with van der Waals surface area (Å²) in [5.41, 5.74) is 2.81. The molecule has 1 amide bonds. The molecule has 0 saturated carbocycles. The number of hydrogen-bond donors (Lipinski definition) is 3. The Bertz CT molecular complexity index is 612. The van der Waals surface area contributed by atoms with Gasteiger partial charge in [-0.1, -0.05) is 12.1 Å². The summed E-state index contributed by atoms with van der Waals surface area (Å²) >= 11 is 0. The first kappa shape index (κ1) is 17.0. The van der Waals surface area contributed by atoms with Crippen molar-refractivity contribution in [1.29, 1.82) is 0 Å². The van der Waals surface area contributed by atoms with Gasteiger partial charge in [0.1, 0.15) is 5.60 Å². The summed E-state index contributed by atoms with van der Waals surface area (Å²) in [4.78, 5) is 11.7. The molecule has 132 valence electrons. The van der Waals surface area contributed by atoms with Crippen molar-refractivity contribution in [2.45, 2.75) is 57.5 Å². The molecule has 3 rings (SSSR count). The molecule has 0 aliphatic carbocycles. The number of alkyl carbamates (subject to hydrolysis) is 1. The molecule has 6 nitrogen and oxygen atoms in total. The van der Waals surface area contributed by atoms with Crippen LogP contribution in [0.4, 0.5) is 10.5 Å². The second-order valence-electron chi connectivity index (χ2n) is 7.48. The van der Waals surface area contributed by atoms with Gasteiger partial charge in [-0.3, -0.25) is 0 Å². The Labute approximate surface area is 142 Å². The number of benzene rings is 1. The van der Waals surface area contributed by atoms with Crippen molar-refractivity contribution < 1.29 is 19.4 Å². The molecule has 1 aromatic rings. The summed E-state index contributed by atoms with van der Waals surface area (Å²) in [5.74, 6) is 0. The summed E-state index contributed by atoms with van der Waals surface area (Å²) in [5, 5.41) is 16.1. The van der Waals surface area contributed by atoms with Gasteiger partial charge in [0.25, 0.3) is 0 Å². The second kappa shape index (κ2) is 6.61. The van der Waals surface area contributed by atoms with Gasteiger partial charge < -0.3 is 25.2 Å². The topological polar surface area (TPSA) is 79.8 Å². The predicted molar refractivity (Wildman–Crippen MR) is 91.1 cm³/mol. The number of carbonyl (C=O) groups excluding carboxylic acids is 1. The zero-order valence-electron chi connectivity index (χ0n) is 14.5. The van der Waals surface area contributed by atoms with Crippen LogP contribution in [0.1, 0.15) is 44.4 Å². The van der Waals surface area contributed by atoms with Crippen molar-refractivity contribution in [2.75, 3.05) is 18.5 Å². The summed E-state index contributed by atoms with van der Waals surface area (Å²) in [6.45, 7) is 6.42. The van der Waals surface area contributed by atoms with Crippen LogP contribution in [0.15, 0.2) is 18.2 Å². The number of aliphatic hydroxyl groups is 1. The van der Waals surface area contributed by atoms with Crippen molar-refractivity contribution in [1.82, 2.24) is 5.32 Å². The van der Waals surface area contributed by atoms with E-state index in [1.54, 1.807) is 0 Å². The highest BCUT2D eigenvalue weighted by molar-refractivity contribution is 5.67. The lowest BCUT2D eigenvalue weighted by molar-refractivity contribution is -0.0672. The maximum atomic E-state index is 11.7. The van der Waals surface area contributed by atoms with Gasteiger partial charge in [-0.15, -0.1) is 0 Å². The predicted octanol–water partition coefficient (Wildman–Crippen LogP) is 2.37. The van der Waals surface area contributed by atoms with Gasteiger partial charge in [-0.2, -0.15) is 0 Å². The van der Waals surface area contributed by atoms with Gasteiger partial charge in [0, 0.05) is 24.2 Å². The molecule has 1 fully saturated rings. The van der Waals surface area contributed by atoms with Crippen LogP contribution in [0.3, 0.4) is 0 Å². The monoisotopic (exact) mass is 334 g/mol. The molecular formula is C18H26N2O4. The van der Waals surface area contributed by atoms with Crippen LogP contribution in [0.2, 0.25) is 0 Å². The first-order valence-electron chi connectivity index (χ1n) is 8.48. The quantitative estimate of drug-likeness (QED) is 0.791. The molecule has 6 heteroatoms.